The molecule has 0 rings (SSSR count). The molecule has 0 aromatic heterocycles. The number of carbonyl (C=O) groups is 1. The molecular formula is C15H32O3+2. The number of Topliss-reactive ketones (excluding diaryl/α,β-unsaturated/α-hetero) is 1. The second kappa shape index (κ2) is 12.2. The van der Waals surface area contributed by atoms with Crippen LogP contribution in [0.5, 0.6) is 0 Å². The van der Waals surface area contributed by atoms with Crippen LogP contribution in [0.15, 0.2) is 22.7 Å². The van der Waals surface area contributed by atoms with Gasteiger partial charge in [0.25, 0.3) is 0 Å². The van der Waals surface area contributed by atoms with Crippen molar-refractivity contribution >= 4 is 5.78 Å². The monoisotopic (exact) mass is 260 g/mol. The van der Waals surface area contributed by atoms with Gasteiger partial charge in [-0.3, -0.25) is 4.79 Å². The number of carbonyl (C=O) groups excluding carboxylic acids is 1. The van der Waals surface area contributed by atoms with Crippen LogP contribution in [0.4, 0.5) is 0 Å². The molecule has 108 valence electrons. The third-order valence-corrected chi connectivity index (χ3v) is 2.26. The van der Waals surface area contributed by atoms with E-state index in [-0.39, 0.29) is 14.6 Å². The molecule has 3 nitrogen and oxygen atoms in total. The Bertz CT molecular complexity index is 248. The van der Waals surface area contributed by atoms with Gasteiger partial charge in [-0.25, -0.2) is 0 Å². The quantitative estimate of drug-likeness (QED) is 0.639. The Balaban J connectivity index is -0.0000000536. The Morgan fingerprint density at radius 1 is 0.778 bits per heavy atom. The molecular weight excluding hydrogens is 228 g/mol. The molecule has 18 heavy (non-hydrogen) atoms. The molecule has 0 fully saturated rings. The summed E-state index contributed by atoms with van der Waals surface area (Å²) in [4.78, 5) is 10.1. The predicted octanol–water partition coefficient (Wildman–Crippen LogP) is 5.17. The summed E-state index contributed by atoms with van der Waals surface area (Å²) in [7, 11) is 0. The van der Waals surface area contributed by atoms with Crippen molar-refractivity contribution in [1.82, 2.24) is 0 Å². The van der Waals surface area contributed by atoms with E-state index < -0.39 is 0 Å². The lowest BCUT2D eigenvalue weighted by atomic mass is 10.1. The van der Waals surface area contributed by atoms with E-state index in [1.807, 2.05) is 41.5 Å². The summed E-state index contributed by atoms with van der Waals surface area (Å²) in [5.41, 5.74) is 1.96. The van der Waals surface area contributed by atoms with Crippen LogP contribution in [0.1, 0.15) is 65.2 Å². The van der Waals surface area contributed by atoms with Crippen LogP contribution in [-0.2, 0) is 4.79 Å². The highest BCUT2D eigenvalue weighted by Crippen LogP contribution is 1.94. The number of rotatable bonds is 1. The number of hydrogen-bond donors (Lipinski definition) is 2. The third kappa shape index (κ3) is 24.1. The summed E-state index contributed by atoms with van der Waals surface area (Å²) in [5, 5.41) is 17.0. The molecule has 2 N–H and O–H groups in total. The third-order valence-electron chi connectivity index (χ3n) is 2.26. The lowest BCUT2D eigenvalue weighted by Gasteiger charge is -1.90. The number of allylic oxidation sites excluding steroid dienone is 4. The van der Waals surface area contributed by atoms with E-state index in [9.17, 15) is 4.79 Å². The highest BCUT2D eigenvalue weighted by molar-refractivity contribution is 5.77. The average molecular weight is 260 g/mol. The molecule has 0 heterocycles. The van der Waals surface area contributed by atoms with Gasteiger partial charge in [0.2, 0.25) is 0 Å². The van der Waals surface area contributed by atoms with E-state index >= 15 is 0 Å². The standard InChI is InChI=1S/3C5H10O/c3*1-4(2)5(3)6/h2*6H,1-3H3;4H,1-3H3/p+2. The second-order valence-electron chi connectivity index (χ2n) is 4.94. The largest absolute Gasteiger partial charge is 1.00 e. The zero-order valence-corrected chi connectivity index (χ0v) is 13.4. The Labute approximate surface area is 115 Å². The Morgan fingerprint density at radius 2 is 0.889 bits per heavy atom. The summed E-state index contributed by atoms with van der Waals surface area (Å²) in [6.45, 7) is 16.2. The highest BCUT2D eigenvalue weighted by atomic mass is 16.3. The van der Waals surface area contributed by atoms with Gasteiger partial charge in [-0.15, -0.1) is 0 Å². The van der Waals surface area contributed by atoms with Gasteiger partial charge < -0.3 is 10.2 Å². The maximum atomic E-state index is 10.1. The van der Waals surface area contributed by atoms with E-state index in [2.05, 4.69) is 0 Å². The van der Waals surface area contributed by atoms with Crippen molar-refractivity contribution < 1.29 is 17.9 Å². The van der Waals surface area contributed by atoms with Crippen LogP contribution >= 0.6 is 0 Å². The summed E-state index contributed by atoms with van der Waals surface area (Å²) in [5.74, 6) is 1.32. The molecule has 0 amide bonds. The molecule has 0 atom stereocenters. The van der Waals surface area contributed by atoms with Crippen LogP contribution in [0.25, 0.3) is 0 Å². The zero-order valence-electron chi connectivity index (χ0n) is 15.4. The Morgan fingerprint density at radius 3 is 0.889 bits per heavy atom. The van der Waals surface area contributed by atoms with Crippen molar-refractivity contribution in [3.63, 3.8) is 0 Å². The maximum absolute atomic E-state index is 10.1. The van der Waals surface area contributed by atoms with Gasteiger partial charge in [0.1, 0.15) is 5.78 Å². The first-order chi connectivity index (χ1) is 7.93. The zero-order chi connectivity index (χ0) is 15.5. The maximum Gasteiger partial charge on any atom is 1.00 e. The van der Waals surface area contributed by atoms with Crippen LogP contribution in [0.2, 0.25) is 0 Å². The first-order valence-corrected chi connectivity index (χ1v) is 6.09. The van der Waals surface area contributed by atoms with Gasteiger partial charge in [0, 0.05) is 5.92 Å². The summed E-state index contributed by atoms with van der Waals surface area (Å²) < 4.78 is 0. The fraction of sp³-hybridized carbons (Fsp3) is 0.667. The molecule has 0 aliphatic rings. The first-order valence-electron chi connectivity index (χ1n) is 6.09. The fourth-order valence-corrected chi connectivity index (χ4v) is 0. The van der Waals surface area contributed by atoms with E-state index in [1.54, 1.807) is 20.8 Å². The average Bonchev–Trinajstić information content (AvgIpc) is 2.18. The molecule has 0 bridgehead atoms. The minimum Gasteiger partial charge on any atom is -0.513 e. The van der Waals surface area contributed by atoms with Gasteiger partial charge in [0.15, 0.2) is 0 Å². The van der Waals surface area contributed by atoms with Crippen molar-refractivity contribution in [3.8, 4) is 0 Å². The Hall–Kier alpha value is -1.25. The molecule has 0 aliphatic heterocycles. The van der Waals surface area contributed by atoms with Crippen LogP contribution in [-0.4, -0.2) is 16.0 Å². The van der Waals surface area contributed by atoms with Gasteiger partial charge in [-0.2, -0.15) is 0 Å². The van der Waals surface area contributed by atoms with E-state index in [0.29, 0.717) is 11.5 Å². The number of hydrogen-bond acceptors (Lipinski definition) is 3. The smallest absolute Gasteiger partial charge is 0.513 e. The topological polar surface area (TPSA) is 57.5 Å². The lowest BCUT2D eigenvalue weighted by Crippen LogP contribution is -1.98. The van der Waals surface area contributed by atoms with Crippen molar-refractivity contribution in [2.75, 3.05) is 0 Å². The van der Waals surface area contributed by atoms with Gasteiger partial charge in [-0.05, 0) is 59.6 Å². The van der Waals surface area contributed by atoms with Gasteiger partial charge >= 0.3 is 2.85 Å². The highest BCUT2D eigenvalue weighted by Gasteiger charge is 1.95. The summed E-state index contributed by atoms with van der Waals surface area (Å²) in [6, 6.07) is 0. The molecule has 0 radical (unpaired) electrons. The lowest BCUT2D eigenvalue weighted by molar-refractivity contribution is -0.119. The number of aliphatic hydroxyl groups is 2. The molecule has 3 heteroatoms. The molecule has 0 unspecified atom stereocenters. The minimum atomic E-state index is 0. The van der Waals surface area contributed by atoms with E-state index in [1.165, 1.54) is 0 Å². The second-order valence-corrected chi connectivity index (χ2v) is 4.94. The van der Waals surface area contributed by atoms with Crippen LogP contribution < -0.4 is 0 Å². The molecule has 0 aliphatic carbocycles. The van der Waals surface area contributed by atoms with E-state index in [4.69, 9.17) is 10.2 Å². The van der Waals surface area contributed by atoms with Crippen molar-refractivity contribution in [2.45, 2.75) is 62.3 Å². The Kier molecular flexibility index (Phi) is 14.9. The molecule has 0 spiro atoms. The first kappa shape index (κ1) is 22.0. The van der Waals surface area contributed by atoms with Crippen molar-refractivity contribution in [3.05, 3.63) is 22.7 Å². The van der Waals surface area contributed by atoms with Crippen LogP contribution in [0, 0.1) is 5.92 Å². The molecule has 0 saturated heterocycles. The minimum absolute atomic E-state index is 0. The fourth-order valence-electron chi connectivity index (χ4n) is 0. The normalized spacial score (nSPS) is 8.33. The molecule has 0 saturated carbocycles. The van der Waals surface area contributed by atoms with Gasteiger partial charge in [-0.1, -0.05) is 13.8 Å². The molecule has 0 aromatic rings. The van der Waals surface area contributed by atoms with Crippen molar-refractivity contribution in [1.29, 1.82) is 0 Å². The number of ketones is 1. The van der Waals surface area contributed by atoms with Gasteiger partial charge in [0.05, 0.1) is 11.5 Å². The summed E-state index contributed by atoms with van der Waals surface area (Å²) in [6.07, 6.45) is 0. The number of aliphatic hydroxyl groups excluding tert-OH is 2. The summed E-state index contributed by atoms with van der Waals surface area (Å²) >= 11 is 0. The predicted molar refractivity (Wildman–Crippen MR) is 81.1 cm³/mol. The van der Waals surface area contributed by atoms with E-state index in [0.717, 1.165) is 11.1 Å². The molecule has 0 aromatic carbocycles. The van der Waals surface area contributed by atoms with Crippen LogP contribution in [0.3, 0.4) is 0 Å². The van der Waals surface area contributed by atoms with Crippen molar-refractivity contribution in [2.24, 2.45) is 5.92 Å². The SMILES string of the molecule is CC(=O)C(C)C.CC(C)=C(C)O.CC(C)=C(C)O.[H+].[H+].